The highest BCUT2D eigenvalue weighted by molar-refractivity contribution is 6.35. The highest BCUT2D eigenvalue weighted by atomic mass is 35.5. The van der Waals surface area contributed by atoms with Crippen LogP contribution in [0.15, 0.2) is 138 Å². The Labute approximate surface area is 220 Å². The van der Waals surface area contributed by atoms with E-state index in [1.54, 1.807) is 12.2 Å². The molecule has 0 aromatic heterocycles. The molecule has 3 heteroatoms. The predicted octanol–water partition coefficient (Wildman–Crippen LogP) is 9.61. The second-order valence-corrected chi connectivity index (χ2v) is 8.65. The quantitative estimate of drug-likeness (QED) is 0.247. The summed E-state index contributed by atoms with van der Waals surface area (Å²) >= 11 is 6.99. The minimum absolute atomic E-state index is 0.659. The Hall–Kier alpha value is -4.01. The molecule has 1 aliphatic heterocycles. The van der Waals surface area contributed by atoms with Gasteiger partial charge in [-0.25, -0.2) is 0 Å². The number of rotatable bonds is 9. The molecule has 0 fully saturated rings. The van der Waals surface area contributed by atoms with Gasteiger partial charge in [-0.15, -0.1) is 0 Å². The molecule has 0 N–H and O–H groups in total. The van der Waals surface area contributed by atoms with Crippen LogP contribution in [0.2, 0.25) is 5.02 Å². The Kier molecular flexibility index (Phi) is 9.73. The fourth-order valence-electron chi connectivity index (χ4n) is 3.80. The van der Waals surface area contributed by atoms with Crippen molar-refractivity contribution in [2.45, 2.75) is 19.8 Å². The molecule has 0 saturated heterocycles. The molecule has 36 heavy (non-hydrogen) atoms. The first-order valence-electron chi connectivity index (χ1n) is 11.8. The lowest BCUT2D eigenvalue weighted by Crippen LogP contribution is -1.97. The van der Waals surface area contributed by atoms with Gasteiger partial charge in [0.05, 0.1) is 16.4 Å². The smallest absolute Gasteiger partial charge is 0.0716 e. The molecular formula is C33H31ClN2. The molecule has 1 aliphatic rings. The molecule has 0 spiro atoms. The third-order valence-electron chi connectivity index (χ3n) is 5.81. The Balaban J connectivity index is 2.05. The van der Waals surface area contributed by atoms with Crippen LogP contribution in [0, 0.1) is 0 Å². The van der Waals surface area contributed by atoms with Crippen molar-refractivity contribution in [3.8, 4) is 11.1 Å². The van der Waals surface area contributed by atoms with Gasteiger partial charge in [0.15, 0.2) is 0 Å². The van der Waals surface area contributed by atoms with Crippen molar-refractivity contribution >= 4 is 35.4 Å². The maximum atomic E-state index is 6.99. The van der Waals surface area contributed by atoms with E-state index in [0.29, 0.717) is 5.02 Å². The normalized spacial score (nSPS) is 16.2. The molecule has 1 heterocycles. The van der Waals surface area contributed by atoms with E-state index >= 15 is 0 Å². The van der Waals surface area contributed by atoms with E-state index in [9.17, 15) is 0 Å². The highest BCUT2D eigenvalue weighted by Crippen LogP contribution is 2.36. The molecule has 180 valence electrons. The number of allylic oxidation sites excluding steroid dienone is 11. The van der Waals surface area contributed by atoms with Crippen molar-refractivity contribution in [2.24, 2.45) is 9.98 Å². The molecule has 2 aromatic carbocycles. The topological polar surface area (TPSA) is 24.7 Å². The van der Waals surface area contributed by atoms with Crippen molar-refractivity contribution in [2.75, 3.05) is 0 Å². The molecule has 0 saturated carbocycles. The molecule has 2 aromatic rings. The number of nitrogens with zero attached hydrogens (tertiary/aromatic N) is 2. The molecule has 0 aliphatic carbocycles. The van der Waals surface area contributed by atoms with Crippen molar-refractivity contribution in [3.63, 3.8) is 0 Å². The summed E-state index contributed by atoms with van der Waals surface area (Å²) in [5.74, 6) is 0. The largest absolute Gasteiger partial charge is 0.264 e. The first kappa shape index (κ1) is 26.6. The van der Waals surface area contributed by atoms with E-state index in [1.807, 2.05) is 72.9 Å². The summed E-state index contributed by atoms with van der Waals surface area (Å²) in [6.07, 6.45) is 19.0. The van der Waals surface area contributed by atoms with Crippen molar-refractivity contribution in [1.82, 2.24) is 0 Å². The molecule has 0 unspecified atom stereocenters. The van der Waals surface area contributed by atoms with E-state index in [0.717, 1.165) is 57.8 Å². The maximum absolute atomic E-state index is 6.99. The molecule has 0 radical (unpaired) electrons. The summed E-state index contributed by atoms with van der Waals surface area (Å²) in [5, 5.41) is 0.659. The third kappa shape index (κ3) is 6.78. The molecule has 2 nitrogen and oxygen atoms in total. The Morgan fingerprint density at radius 1 is 1.00 bits per heavy atom. The zero-order valence-electron chi connectivity index (χ0n) is 20.8. The second kappa shape index (κ2) is 13.2. The average Bonchev–Trinajstić information content (AvgIpc) is 2.89. The van der Waals surface area contributed by atoms with Crippen molar-refractivity contribution < 1.29 is 0 Å². The first-order chi connectivity index (χ1) is 17.5. The summed E-state index contributed by atoms with van der Waals surface area (Å²) < 4.78 is 0. The van der Waals surface area contributed by atoms with Crippen LogP contribution in [-0.2, 0) is 0 Å². The molecule has 0 bridgehead atoms. The van der Waals surface area contributed by atoms with Crippen molar-refractivity contribution in [3.05, 3.63) is 144 Å². The van der Waals surface area contributed by atoms with Crippen LogP contribution in [0.1, 0.15) is 30.9 Å². The molecule has 3 rings (SSSR count). The number of aliphatic imine (C=N–C) groups is 2. The first-order valence-corrected chi connectivity index (χ1v) is 12.2. The van der Waals surface area contributed by atoms with Gasteiger partial charge in [0.2, 0.25) is 0 Å². The van der Waals surface area contributed by atoms with Crippen LogP contribution in [0.5, 0.6) is 0 Å². The van der Waals surface area contributed by atoms with Gasteiger partial charge in [-0.2, -0.15) is 0 Å². The summed E-state index contributed by atoms with van der Waals surface area (Å²) in [5.41, 5.74) is 8.55. The molecular weight excluding hydrogens is 460 g/mol. The van der Waals surface area contributed by atoms with Gasteiger partial charge in [0.25, 0.3) is 0 Å². The zero-order chi connectivity index (χ0) is 25.9. The van der Waals surface area contributed by atoms with Gasteiger partial charge in [-0.05, 0) is 61.4 Å². The number of halogens is 1. The van der Waals surface area contributed by atoms with E-state index in [-0.39, 0.29) is 0 Å². The van der Waals surface area contributed by atoms with Crippen LogP contribution >= 0.6 is 11.6 Å². The monoisotopic (exact) mass is 490 g/mol. The van der Waals surface area contributed by atoms with Crippen LogP contribution in [0.25, 0.3) is 22.5 Å². The van der Waals surface area contributed by atoms with E-state index < -0.39 is 0 Å². The minimum atomic E-state index is 0.659. The SMILES string of the molecule is C=C\C=C/C(C=C)=C\C=C(/N=C)c1cccc(-c2cccc(C3=C/C=C(/C=C)CCC(C)=N3)c2Cl)c1. The lowest BCUT2D eigenvalue weighted by Gasteiger charge is -2.14. The average molecular weight is 491 g/mol. The minimum Gasteiger partial charge on any atom is -0.264 e. The number of benzene rings is 2. The summed E-state index contributed by atoms with van der Waals surface area (Å²) in [7, 11) is 0. The van der Waals surface area contributed by atoms with Gasteiger partial charge in [-0.1, -0.05) is 110 Å². The van der Waals surface area contributed by atoms with Crippen LogP contribution in [0.4, 0.5) is 0 Å². The van der Waals surface area contributed by atoms with Gasteiger partial charge in [-0.3, -0.25) is 9.98 Å². The van der Waals surface area contributed by atoms with E-state index in [1.165, 1.54) is 5.57 Å². The third-order valence-corrected chi connectivity index (χ3v) is 6.22. The summed E-state index contributed by atoms with van der Waals surface area (Å²) in [6.45, 7) is 17.3. The number of hydrogen-bond donors (Lipinski definition) is 0. The van der Waals surface area contributed by atoms with E-state index in [2.05, 4.69) is 50.5 Å². The highest BCUT2D eigenvalue weighted by Gasteiger charge is 2.13. The molecule has 0 amide bonds. The second-order valence-electron chi connectivity index (χ2n) is 8.27. The fraction of sp³-hybridized carbons (Fsp3) is 0.0909. The Morgan fingerprint density at radius 3 is 2.50 bits per heavy atom. The Bertz CT molecular complexity index is 1360. The number of hydrogen-bond acceptors (Lipinski definition) is 2. The fourth-order valence-corrected chi connectivity index (χ4v) is 4.13. The van der Waals surface area contributed by atoms with Gasteiger partial charge in [0, 0.05) is 22.4 Å². The van der Waals surface area contributed by atoms with Gasteiger partial charge >= 0.3 is 0 Å². The van der Waals surface area contributed by atoms with Crippen LogP contribution in [0.3, 0.4) is 0 Å². The zero-order valence-corrected chi connectivity index (χ0v) is 21.5. The lowest BCUT2D eigenvalue weighted by atomic mass is 9.98. The Morgan fingerprint density at radius 2 is 1.78 bits per heavy atom. The summed E-state index contributed by atoms with van der Waals surface area (Å²) in [6, 6.07) is 14.2. The summed E-state index contributed by atoms with van der Waals surface area (Å²) in [4.78, 5) is 9.10. The predicted molar refractivity (Wildman–Crippen MR) is 161 cm³/mol. The maximum Gasteiger partial charge on any atom is 0.0716 e. The van der Waals surface area contributed by atoms with Crippen LogP contribution < -0.4 is 0 Å². The van der Waals surface area contributed by atoms with Gasteiger partial charge in [0.1, 0.15) is 0 Å². The standard InChI is InChI=1S/C33H31ClN2/c1-6-9-12-25(7-2)19-21-31(35-5)28-14-10-13-27(23-28)29-15-11-16-30(33(29)34)32-22-20-26(8-3)18-17-24(4)36-32/h6-16,19-23H,1-3,5,17-18H2,4H3/b12-9-,25-19-,26-20-,31-21-,32-22?,36-24?. The van der Waals surface area contributed by atoms with Crippen LogP contribution in [-0.4, -0.2) is 12.4 Å². The molecule has 0 atom stereocenters. The van der Waals surface area contributed by atoms with Gasteiger partial charge < -0.3 is 0 Å². The van der Waals surface area contributed by atoms with Crippen molar-refractivity contribution in [1.29, 1.82) is 0 Å². The van der Waals surface area contributed by atoms with E-state index in [4.69, 9.17) is 16.6 Å². The lowest BCUT2D eigenvalue weighted by molar-refractivity contribution is 1.04.